The molecule has 0 radical (unpaired) electrons. The van der Waals surface area contributed by atoms with Crippen LogP contribution in [0.2, 0.25) is 5.02 Å². The van der Waals surface area contributed by atoms with Crippen molar-refractivity contribution in [1.82, 2.24) is 4.98 Å². The first-order valence-corrected chi connectivity index (χ1v) is 5.13. The standard InChI is InChI=1S/C10H16ClN3O/c1-14(2)10-5-9(8(12)3-4-15)13-6-7(10)11/h5-6,8,15H,3-4,12H2,1-2H3. The van der Waals surface area contributed by atoms with Crippen molar-refractivity contribution in [3.63, 3.8) is 0 Å². The van der Waals surface area contributed by atoms with Crippen LogP contribution in [0.3, 0.4) is 0 Å². The highest BCUT2D eigenvalue weighted by Crippen LogP contribution is 2.25. The van der Waals surface area contributed by atoms with Gasteiger partial charge in [0.25, 0.3) is 0 Å². The minimum Gasteiger partial charge on any atom is -0.396 e. The predicted molar refractivity (Wildman–Crippen MR) is 62.2 cm³/mol. The number of aliphatic hydroxyl groups excluding tert-OH is 1. The quantitative estimate of drug-likeness (QED) is 0.814. The van der Waals surface area contributed by atoms with Gasteiger partial charge in [-0.3, -0.25) is 4.98 Å². The summed E-state index contributed by atoms with van der Waals surface area (Å²) >= 11 is 5.98. The molecule has 0 fully saturated rings. The highest BCUT2D eigenvalue weighted by Gasteiger charge is 2.10. The molecule has 1 heterocycles. The number of pyridine rings is 1. The lowest BCUT2D eigenvalue weighted by molar-refractivity contribution is 0.275. The van der Waals surface area contributed by atoms with E-state index >= 15 is 0 Å². The minimum absolute atomic E-state index is 0.0583. The summed E-state index contributed by atoms with van der Waals surface area (Å²) in [4.78, 5) is 6.05. The SMILES string of the molecule is CN(C)c1cc(C(N)CCO)ncc1Cl. The molecular weight excluding hydrogens is 214 g/mol. The maximum absolute atomic E-state index is 8.79. The summed E-state index contributed by atoms with van der Waals surface area (Å²) in [7, 11) is 3.81. The van der Waals surface area contributed by atoms with Crippen LogP contribution in [0.5, 0.6) is 0 Å². The molecule has 0 saturated carbocycles. The normalized spacial score (nSPS) is 12.6. The van der Waals surface area contributed by atoms with Gasteiger partial charge in [0.1, 0.15) is 0 Å². The molecule has 1 atom stereocenters. The van der Waals surface area contributed by atoms with Crippen LogP contribution in [0.25, 0.3) is 0 Å². The van der Waals surface area contributed by atoms with Gasteiger partial charge in [0.05, 0.1) is 16.4 Å². The molecule has 15 heavy (non-hydrogen) atoms. The fourth-order valence-electron chi connectivity index (χ4n) is 1.28. The monoisotopic (exact) mass is 229 g/mol. The van der Waals surface area contributed by atoms with E-state index in [4.69, 9.17) is 22.4 Å². The number of anilines is 1. The van der Waals surface area contributed by atoms with Crippen LogP contribution >= 0.6 is 11.6 Å². The lowest BCUT2D eigenvalue weighted by Gasteiger charge is -2.17. The number of aromatic nitrogens is 1. The zero-order valence-electron chi connectivity index (χ0n) is 8.94. The number of halogens is 1. The summed E-state index contributed by atoms with van der Waals surface area (Å²) in [6.45, 7) is 0.0583. The fourth-order valence-corrected chi connectivity index (χ4v) is 1.55. The molecule has 1 aromatic rings. The third kappa shape index (κ3) is 3.06. The number of hydrogen-bond donors (Lipinski definition) is 2. The molecule has 0 aliphatic rings. The molecule has 0 aliphatic heterocycles. The van der Waals surface area contributed by atoms with Crippen LogP contribution in [0.15, 0.2) is 12.3 Å². The van der Waals surface area contributed by atoms with Crippen molar-refractivity contribution in [2.24, 2.45) is 5.73 Å². The van der Waals surface area contributed by atoms with Crippen LogP contribution in [0.4, 0.5) is 5.69 Å². The lowest BCUT2D eigenvalue weighted by atomic mass is 10.1. The van der Waals surface area contributed by atoms with Gasteiger partial charge in [-0.15, -0.1) is 0 Å². The van der Waals surface area contributed by atoms with Crippen LogP contribution in [0, 0.1) is 0 Å². The molecule has 1 rings (SSSR count). The number of hydrogen-bond acceptors (Lipinski definition) is 4. The zero-order chi connectivity index (χ0) is 11.4. The fraction of sp³-hybridized carbons (Fsp3) is 0.500. The molecule has 3 N–H and O–H groups in total. The first-order valence-electron chi connectivity index (χ1n) is 4.75. The second kappa shape index (κ2) is 5.30. The molecule has 0 amide bonds. The molecule has 0 saturated heterocycles. The summed E-state index contributed by atoms with van der Waals surface area (Å²) in [6.07, 6.45) is 2.09. The van der Waals surface area contributed by atoms with Crippen molar-refractivity contribution in [1.29, 1.82) is 0 Å². The number of nitrogens with two attached hydrogens (primary N) is 1. The first kappa shape index (κ1) is 12.2. The maximum Gasteiger partial charge on any atom is 0.0822 e. The second-order valence-electron chi connectivity index (χ2n) is 3.57. The lowest BCUT2D eigenvalue weighted by Crippen LogP contribution is -2.16. The van der Waals surface area contributed by atoms with Crippen molar-refractivity contribution in [2.75, 3.05) is 25.6 Å². The largest absolute Gasteiger partial charge is 0.396 e. The van der Waals surface area contributed by atoms with E-state index in [1.807, 2.05) is 25.1 Å². The molecule has 0 bridgehead atoms. The molecule has 0 spiro atoms. The van der Waals surface area contributed by atoms with Crippen LogP contribution in [-0.2, 0) is 0 Å². The summed E-state index contributed by atoms with van der Waals surface area (Å²) < 4.78 is 0. The molecule has 4 nitrogen and oxygen atoms in total. The van der Waals surface area contributed by atoms with Gasteiger partial charge in [0, 0.05) is 32.9 Å². The Hall–Kier alpha value is -0.840. The Bertz CT molecular complexity index is 330. The molecule has 5 heteroatoms. The van der Waals surface area contributed by atoms with E-state index in [0.717, 1.165) is 11.4 Å². The van der Waals surface area contributed by atoms with Gasteiger partial charge >= 0.3 is 0 Å². The molecule has 1 aromatic heterocycles. The molecular formula is C10H16ClN3O. The highest BCUT2D eigenvalue weighted by atomic mass is 35.5. The summed E-state index contributed by atoms with van der Waals surface area (Å²) in [5.74, 6) is 0. The van der Waals surface area contributed by atoms with Crippen molar-refractivity contribution < 1.29 is 5.11 Å². The van der Waals surface area contributed by atoms with E-state index in [-0.39, 0.29) is 12.6 Å². The minimum atomic E-state index is -0.244. The Balaban J connectivity index is 2.96. The average Bonchev–Trinajstić information content (AvgIpc) is 2.18. The van der Waals surface area contributed by atoms with Crippen LogP contribution < -0.4 is 10.6 Å². The Morgan fingerprint density at radius 3 is 2.80 bits per heavy atom. The van der Waals surface area contributed by atoms with Crippen molar-refractivity contribution in [2.45, 2.75) is 12.5 Å². The Morgan fingerprint density at radius 1 is 1.60 bits per heavy atom. The Kier molecular flexibility index (Phi) is 4.32. The topological polar surface area (TPSA) is 62.4 Å². The van der Waals surface area contributed by atoms with Crippen molar-refractivity contribution in [3.8, 4) is 0 Å². The van der Waals surface area contributed by atoms with E-state index in [2.05, 4.69) is 4.98 Å². The number of aliphatic hydroxyl groups is 1. The molecule has 1 unspecified atom stereocenters. The third-order valence-electron chi connectivity index (χ3n) is 2.16. The summed E-state index contributed by atoms with van der Waals surface area (Å²) in [6, 6.07) is 1.61. The van der Waals surface area contributed by atoms with E-state index in [1.165, 1.54) is 0 Å². The summed E-state index contributed by atoms with van der Waals surface area (Å²) in [5.41, 5.74) is 7.47. The van der Waals surface area contributed by atoms with Gasteiger partial charge in [-0.05, 0) is 12.5 Å². The van der Waals surface area contributed by atoms with Gasteiger partial charge in [0.2, 0.25) is 0 Å². The van der Waals surface area contributed by atoms with Crippen molar-refractivity contribution >= 4 is 17.3 Å². The number of nitrogens with zero attached hydrogens (tertiary/aromatic N) is 2. The molecule has 0 aliphatic carbocycles. The predicted octanol–water partition coefficient (Wildman–Crippen LogP) is 1.18. The first-order chi connectivity index (χ1) is 7.06. The van der Waals surface area contributed by atoms with Gasteiger partial charge in [0.15, 0.2) is 0 Å². The summed E-state index contributed by atoms with van der Waals surface area (Å²) in [5, 5.41) is 9.38. The number of rotatable bonds is 4. The maximum atomic E-state index is 8.79. The van der Waals surface area contributed by atoms with Crippen LogP contribution in [0.1, 0.15) is 18.2 Å². The van der Waals surface area contributed by atoms with Gasteiger partial charge in [-0.25, -0.2) is 0 Å². The van der Waals surface area contributed by atoms with Crippen molar-refractivity contribution in [3.05, 3.63) is 23.0 Å². The van der Waals surface area contributed by atoms with Gasteiger partial charge in [-0.2, -0.15) is 0 Å². The zero-order valence-corrected chi connectivity index (χ0v) is 9.70. The van der Waals surface area contributed by atoms with E-state index in [0.29, 0.717) is 11.4 Å². The third-order valence-corrected chi connectivity index (χ3v) is 2.45. The average molecular weight is 230 g/mol. The Labute approximate surface area is 94.7 Å². The van der Waals surface area contributed by atoms with E-state index < -0.39 is 0 Å². The Morgan fingerprint density at radius 2 is 2.27 bits per heavy atom. The molecule has 84 valence electrons. The second-order valence-corrected chi connectivity index (χ2v) is 3.98. The van der Waals surface area contributed by atoms with E-state index in [9.17, 15) is 0 Å². The smallest absolute Gasteiger partial charge is 0.0822 e. The van der Waals surface area contributed by atoms with Crippen LogP contribution in [-0.4, -0.2) is 30.8 Å². The highest BCUT2D eigenvalue weighted by molar-refractivity contribution is 6.33. The van der Waals surface area contributed by atoms with E-state index in [1.54, 1.807) is 6.20 Å². The molecule has 0 aromatic carbocycles. The van der Waals surface area contributed by atoms with Gasteiger partial charge < -0.3 is 15.7 Å². The van der Waals surface area contributed by atoms with Gasteiger partial charge in [-0.1, -0.05) is 11.6 Å².